The minimum atomic E-state index is 0.183. The van der Waals surface area contributed by atoms with E-state index in [2.05, 4.69) is 0 Å². The molecule has 0 heterocycles. The van der Waals surface area contributed by atoms with Crippen molar-refractivity contribution in [2.75, 3.05) is 25.7 Å². The van der Waals surface area contributed by atoms with Crippen LogP contribution in [0.5, 0.6) is 0 Å². The lowest BCUT2D eigenvalue weighted by atomic mass is 10.1. The molecule has 0 N–H and O–H groups in total. The number of aldehydes is 1. The number of anilines is 1. The summed E-state index contributed by atoms with van der Waals surface area (Å²) in [6.45, 7) is 2.63. The second-order valence-corrected chi connectivity index (χ2v) is 4.17. The number of hydrogen-bond donors (Lipinski definition) is 0. The van der Waals surface area contributed by atoms with Gasteiger partial charge in [-0.15, -0.1) is 0 Å². The fraction of sp³-hybridized carbons (Fsp3) is 0.417. The molecule has 0 aliphatic carbocycles. The molecular formula is C12H16ClNO2. The molecule has 0 amide bonds. The molecule has 0 saturated carbocycles. The lowest BCUT2D eigenvalue weighted by Crippen LogP contribution is -2.33. The van der Waals surface area contributed by atoms with Crippen molar-refractivity contribution in [1.29, 1.82) is 0 Å². The summed E-state index contributed by atoms with van der Waals surface area (Å²) in [7, 11) is 3.57. The molecule has 0 saturated heterocycles. The molecule has 16 heavy (non-hydrogen) atoms. The second kappa shape index (κ2) is 5.87. The maximum absolute atomic E-state index is 10.9. The van der Waals surface area contributed by atoms with Crippen molar-refractivity contribution >= 4 is 23.6 Å². The average molecular weight is 242 g/mol. The highest BCUT2D eigenvalue weighted by molar-refractivity contribution is 6.31. The van der Waals surface area contributed by atoms with E-state index in [-0.39, 0.29) is 6.04 Å². The number of hydrogen-bond acceptors (Lipinski definition) is 3. The van der Waals surface area contributed by atoms with Gasteiger partial charge in [-0.1, -0.05) is 11.6 Å². The van der Waals surface area contributed by atoms with Gasteiger partial charge in [-0.25, -0.2) is 0 Å². The van der Waals surface area contributed by atoms with Crippen molar-refractivity contribution in [3.05, 3.63) is 28.8 Å². The van der Waals surface area contributed by atoms with Crippen LogP contribution >= 0.6 is 11.6 Å². The Morgan fingerprint density at radius 2 is 2.25 bits per heavy atom. The van der Waals surface area contributed by atoms with E-state index in [1.807, 2.05) is 18.9 Å². The minimum Gasteiger partial charge on any atom is -0.383 e. The zero-order valence-electron chi connectivity index (χ0n) is 9.74. The van der Waals surface area contributed by atoms with Gasteiger partial charge in [-0.3, -0.25) is 4.79 Å². The van der Waals surface area contributed by atoms with Gasteiger partial charge in [0.25, 0.3) is 0 Å². The highest BCUT2D eigenvalue weighted by Crippen LogP contribution is 2.24. The summed E-state index contributed by atoms with van der Waals surface area (Å²) in [5.74, 6) is 0. The first-order valence-electron chi connectivity index (χ1n) is 5.06. The average Bonchev–Trinajstić information content (AvgIpc) is 2.28. The minimum absolute atomic E-state index is 0.183. The lowest BCUT2D eigenvalue weighted by molar-refractivity contribution is 0.112. The van der Waals surface area contributed by atoms with Crippen LogP contribution in [0.4, 0.5) is 5.69 Å². The fourth-order valence-electron chi connectivity index (χ4n) is 1.51. The van der Waals surface area contributed by atoms with Gasteiger partial charge < -0.3 is 9.64 Å². The fourth-order valence-corrected chi connectivity index (χ4v) is 1.68. The molecular weight excluding hydrogens is 226 g/mol. The zero-order chi connectivity index (χ0) is 12.1. The third-order valence-electron chi connectivity index (χ3n) is 2.57. The number of carbonyl (C=O) groups excluding carboxylic acids is 1. The molecule has 0 radical (unpaired) electrons. The van der Waals surface area contributed by atoms with Gasteiger partial charge >= 0.3 is 0 Å². The Morgan fingerprint density at radius 3 is 2.81 bits per heavy atom. The molecule has 0 aliphatic rings. The summed E-state index contributed by atoms with van der Waals surface area (Å²) >= 11 is 5.93. The predicted octanol–water partition coefficient (Wildman–Crippen LogP) is 2.62. The summed E-state index contributed by atoms with van der Waals surface area (Å²) in [6, 6.07) is 5.41. The summed E-state index contributed by atoms with van der Waals surface area (Å²) < 4.78 is 5.09. The molecule has 0 spiro atoms. The van der Waals surface area contributed by atoms with Crippen LogP contribution in [0.15, 0.2) is 18.2 Å². The van der Waals surface area contributed by atoms with E-state index in [4.69, 9.17) is 16.3 Å². The van der Waals surface area contributed by atoms with Crippen LogP contribution < -0.4 is 4.90 Å². The molecule has 3 nitrogen and oxygen atoms in total. The van der Waals surface area contributed by atoms with Crippen LogP contribution in [-0.2, 0) is 4.74 Å². The van der Waals surface area contributed by atoms with E-state index >= 15 is 0 Å². The normalized spacial score (nSPS) is 12.2. The lowest BCUT2D eigenvalue weighted by Gasteiger charge is -2.27. The molecule has 1 rings (SSSR count). The van der Waals surface area contributed by atoms with Crippen LogP contribution in [-0.4, -0.2) is 33.1 Å². The van der Waals surface area contributed by atoms with Crippen molar-refractivity contribution in [2.45, 2.75) is 13.0 Å². The number of likely N-dealkylation sites (N-methyl/N-ethyl adjacent to an activating group) is 1. The van der Waals surface area contributed by atoms with Crippen LogP contribution in [0.3, 0.4) is 0 Å². The number of ether oxygens (including phenoxy) is 1. The standard InChI is InChI=1S/C12H16ClNO2/c1-9(8-16-3)14(2)12-6-11(13)5-4-10(12)7-15/h4-7,9H,8H2,1-3H3. The Kier molecular flexibility index (Phi) is 4.77. The van der Waals surface area contributed by atoms with Crippen molar-refractivity contribution in [3.8, 4) is 0 Å². The Bertz CT molecular complexity index is 368. The smallest absolute Gasteiger partial charge is 0.152 e. The van der Waals surface area contributed by atoms with Crippen molar-refractivity contribution < 1.29 is 9.53 Å². The Morgan fingerprint density at radius 1 is 1.56 bits per heavy atom. The molecule has 88 valence electrons. The SMILES string of the molecule is COCC(C)N(C)c1cc(Cl)ccc1C=O. The topological polar surface area (TPSA) is 29.5 Å². The van der Waals surface area contributed by atoms with E-state index in [0.29, 0.717) is 17.2 Å². The van der Waals surface area contributed by atoms with Gasteiger partial charge in [0.1, 0.15) is 0 Å². The van der Waals surface area contributed by atoms with E-state index in [1.54, 1.807) is 25.3 Å². The predicted molar refractivity (Wildman–Crippen MR) is 66.6 cm³/mol. The number of methoxy groups -OCH3 is 1. The quantitative estimate of drug-likeness (QED) is 0.743. The van der Waals surface area contributed by atoms with Gasteiger partial charge in [-0.05, 0) is 25.1 Å². The molecule has 1 aromatic rings. The number of nitrogens with zero attached hydrogens (tertiary/aromatic N) is 1. The maximum atomic E-state index is 10.9. The first-order valence-corrected chi connectivity index (χ1v) is 5.44. The first-order chi connectivity index (χ1) is 7.60. The van der Waals surface area contributed by atoms with E-state index < -0.39 is 0 Å². The molecule has 0 aromatic heterocycles. The molecule has 0 fully saturated rings. The molecule has 1 unspecified atom stereocenters. The van der Waals surface area contributed by atoms with Gasteiger partial charge in [0.05, 0.1) is 6.61 Å². The van der Waals surface area contributed by atoms with Crippen molar-refractivity contribution in [1.82, 2.24) is 0 Å². The second-order valence-electron chi connectivity index (χ2n) is 3.74. The summed E-state index contributed by atoms with van der Waals surface area (Å²) in [6.07, 6.45) is 0.835. The monoisotopic (exact) mass is 241 g/mol. The summed E-state index contributed by atoms with van der Waals surface area (Å²) in [5.41, 5.74) is 1.46. The molecule has 1 atom stereocenters. The number of carbonyl (C=O) groups is 1. The Hall–Kier alpha value is -1.06. The molecule has 1 aromatic carbocycles. The van der Waals surface area contributed by atoms with Gasteiger partial charge in [0, 0.05) is 36.5 Å². The van der Waals surface area contributed by atoms with Crippen LogP contribution in [0.2, 0.25) is 5.02 Å². The highest BCUT2D eigenvalue weighted by atomic mass is 35.5. The maximum Gasteiger partial charge on any atom is 0.152 e. The van der Waals surface area contributed by atoms with E-state index in [0.717, 1.165) is 12.0 Å². The molecule has 0 bridgehead atoms. The van der Waals surface area contributed by atoms with Gasteiger partial charge in [0.15, 0.2) is 6.29 Å². The summed E-state index contributed by atoms with van der Waals surface area (Å²) in [4.78, 5) is 12.9. The van der Waals surface area contributed by atoms with Crippen molar-refractivity contribution in [3.63, 3.8) is 0 Å². The molecule has 0 aliphatic heterocycles. The van der Waals surface area contributed by atoms with Gasteiger partial charge in [0.2, 0.25) is 0 Å². The summed E-state index contributed by atoms with van der Waals surface area (Å²) in [5, 5.41) is 0.622. The largest absolute Gasteiger partial charge is 0.383 e. The molecule has 4 heteroatoms. The van der Waals surface area contributed by atoms with Gasteiger partial charge in [-0.2, -0.15) is 0 Å². The van der Waals surface area contributed by atoms with E-state index in [1.165, 1.54) is 0 Å². The Labute approximate surface area is 101 Å². The zero-order valence-corrected chi connectivity index (χ0v) is 10.5. The number of halogens is 1. The third-order valence-corrected chi connectivity index (χ3v) is 2.80. The van der Waals surface area contributed by atoms with Crippen LogP contribution in [0, 0.1) is 0 Å². The van der Waals surface area contributed by atoms with Crippen LogP contribution in [0.25, 0.3) is 0 Å². The number of benzene rings is 1. The van der Waals surface area contributed by atoms with Crippen LogP contribution in [0.1, 0.15) is 17.3 Å². The highest BCUT2D eigenvalue weighted by Gasteiger charge is 2.13. The van der Waals surface area contributed by atoms with E-state index in [9.17, 15) is 4.79 Å². The first kappa shape index (κ1) is 13.0. The number of rotatable bonds is 5. The third kappa shape index (κ3) is 2.97. The van der Waals surface area contributed by atoms with Crippen molar-refractivity contribution in [2.24, 2.45) is 0 Å². The Balaban J connectivity index is 3.00.